The van der Waals surface area contributed by atoms with E-state index in [1.807, 2.05) is 0 Å². The fraction of sp³-hybridized carbons (Fsp3) is 0.647. The Kier molecular flexibility index (Phi) is 16.7. The quantitative estimate of drug-likeness (QED) is 0.159. The molecule has 0 fully saturated rings. The molecule has 0 rings (SSSR count). The summed E-state index contributed by atoms with van der Waals surface area (Å²) < 4.78 is 50.4. The molecule has 0 saturated carbocycles. The van der Waals surface area contributed by atoms with Gasteiger partial charge in [-0.2, -0.15) is 0 Å². The lowest BCUT2D eigenvalue weighted by Gasteiger charge is -2.16. The molecule has 0 aliphatic carbocycles. The molecule has 0 aliphatic heterocycles. The van der Waals surface area contributed by atoms with Crippen molar-refractivity contribution < 1.29 is 56.1 Å². The zero-order valence-corrected chi connectivity index (χ0v) is 20.2. The molecule has 1 unspecified atom stereocenters. The van der Waals surface area contributed by atoms with Gasteiger partial charge in [-0.3, -0.25) is 18.1 Å². The standard InChI is InChI=1S/C10H19O6P.C7H13O6P/c1-5-14-17(12,15-6-2)16-8-7-13-10(11)9(3)4;1-5(2)7(8)12-4-6(3)13-14(9,10)11/h3,5-8H2,1-2,4H3;6H,1,4H2,2-3H3,(H2,9,10,11). The zero-order chi connectivity index (χ0) is 24.7. The third-order valence-electron chi connectivity index (χ3n) is 2.60. The molecule has 2 N–H and O–H groups in total. The number of esters is 2. The Hall–Kier alpha value is -1.36. The van der Waals surface area contributed by atoms with E-state index in [1.54, 1.807) is 13.8 Å². The molecule has 0 radical (unpaired) electrons. The predicted molar refractivity (Wildman–Crippen MR) is 111 cm³/mol. The minimum atomic E-state index is -4.52. The van der Waals surface area contributed by atoms with E-state index in [0.29, 0.717) is 5.57 Å². The topological polar surface area (TPSA) is 164 Å². The second kappa shape index (κ2) is 16.3. The SMILES string of the molecule is C=C(C)C(=O)OCC(C)OP(=O)(O)O.C=C(C)C(=O)OCCOP(=O)(OCC)OCC. The van der Waals surface area contributed by atoms with Gasteiger partial charge in [0.25, 0.3) is 0 Å². The van der Waals surface area contributed by atoms with Crippen LogP contribution in [0.15, 0.2) is 24.3 Å². The molecule has 182 valence electrons. The number of ether oxygens (including phenoxy) is 2. The number of hydrogen-bond donors (Lipinski definition) is 2. The summed E-state index contributed by atoms with van der Waals surface area (Å²) in [6.07, 6.45) is -0.862. The van der Waals surface area contributed by atoms with Gasteiger partial charge in [-0.15, -0.1) is 0 Å². The molecule has 0 amide bonds. The van der Waals surface area contributed by atoms with Crippen LogP contribution in [0.5, 0.6) is 0 Å². The Morgan fingerprint density at radius 1 is 0.871 bits per heavy atom. The summed E-state index contributed by atoms with van der Waals surface area (Å²) in [7, 11) is -8.04. The van der Waals surface area contributed by atoms with Crippen LogP contribution < -0.4 is 0 Å². The van der Waals surface area contributed by atoms with Gasteiger partial charge >= 0.3 is 27.6 Å². The van der Waals surface area contributed by atoms with Gasteiger partial charge in [0.15, 0.2) is 0 Å². The molecule has 0 spiro atoms. The summed E-state index contributed by atoms with van der Waals surface area (Å²) in [4.78, 5) is 38.6. The van der Waals surface area contributed by atoms with Crippen LogP contribution in [0.2, 0.25) is 0 Å². The van der Waals surface area contributed by atoms with E-state index in [9.17, 15) is 18.7 Å². The maximum atomic E-state index is 11.8. The molecule has 1 atom stereocenters. The Morgan fingerprint density at radius 2 is 1.32 bits per heavy atom. The van der Waals surface area contributed by atoms with Crippen LogP contribution in [0.1, 0.15) is 34.6 Å². The van der Waals surface area contributed by atoms with E-state index in [0.717, 1.165) is 0 Å². The van der Waals surface area contributed by atoms with Crippen molar-refractivity contribution in [3.63, 3.8) is 0 Å². The van der Waals surface area contributed by atoms with E-state index in [-0.39, 0.29) is 38.6 Å². The van der Waals surface area contributed by atoms with E-state index in [2.05, 4.69) is 22.4 Å². The largest absolute Gasteiger partial charge is 0.474 e. The van der Waals surface area contributed by atoms with E-state index in [4.69, 9.17) is 28.1 Å². The van der Waals surface area contributed by atoms with E-state index >= 15 is 0 Å². The van der Waals surface area contributed by atoms with Gasteiger partial charge < -0.3 is 19.3 Å². The first kappa shape index (κ1) is 31.8. The van der Waals surface area contributed by atoms with Crippen LogP contribution in [0, 0.1) is 0 Å². The summed E-state index contributed by atoms with van der Waals surface area (Å²) in [6, 6.07) is 0. The van der Waals surface area contributed by atoms with Crippen molar-refractivity contribution in [1.29, 1.82) is 0 Å². The molecular weight excluding hydrogens is 458 g/mol. The van der Waals surface area contributed by atoms with Gasteiger partial charge in [-0.05, 0) is 34.6 Å². The number of carbonyl (C=O) groups is 2. The van der Waals surface area contributed by atoms with Gasteiger partial charge in [0.05, 0.1) is 19.8 Å². The maximum Gasteiger partial charge on any atom is 0.474 e. The van der Waals surface area contributed by atoms with Crippen molar-refractivity contribution in [3.8, 4) is 0 Å². The predicted octanol–water partition coefficient (Wildman–Crippen LogP) is 2.91. The van der Waals surface area contributed by atoms with Gasteiger partial charge in [0, 0.05) is 11.1 Å². The molecule has 0 aromatic rings. The van der Waals surface area contributed by atoms with Crippen molar-refractivity contribution in [1.82, 2.24) is 0 Å². The Balaban J connectivity index is 0. The molecule has 0 aromatic heterocycles. The molecule has 0 bridgehead atoms. The number of phosphoric ester groups is 2. The summed E-state index contributed by atoms with van der Waals surface area (Å²) >= 11 is 0. The highest BCUT2D eigenvalue weighted by atomic mass is 31.2. The highest BCUT2D eigenvalue weighted by Crippen LogP contribution is 2.48. The molecule has 0 saturated heterocycles. The third kappa shape index (κ3) is 19.1. The average Bonchev–Trinajstić information content (AvgIpc) is 2.62. The fourth-order valence-corrected chi connectivity index (χ4v) is 3.10. The van der Waals surface area contributed by atoms with Crippen LogP contribution in [0.4, 0.5) is 0 Å². The Labute approximate surface area is 182 Å². The van der Waals surface area contributed by atoms with E-state index < -0.39 is 33.7 Å². The first-order chi connectivity index (χ1) is 14.2. The normalized spacial score (nSPS) is 12.2. The minimum Gasteiger partial charge on any atom is -0.460 e. The highest BCUT2D eigenvalue weighted by molar-refractivity contribution is 7.48. The van der Waals surface area contributed by atoms with Crippen LogP contribution in [-0.4, -0.2) is 60.9 Å². The number of rotatable bonds is 14. The first-order valence-electron chi connectivity index (χ1n) is 9.10. The molecule has 0 aromatic carbocycles. The molecule has 0 heterocycles. The van der Waals surface area contributed by atoms with Crippen LogP contribution in [0.25, 0.3) is 0 Å². The number of carbonyl (C=O) groups excluding carboxylic acids is 2. The molecular formula is C17H32O12P2. The second-order valence-corrected chi connectivity index (χ2v) is 8.68. The summed E-state index contributed by atoms with van der Waals surface area (Å²) in [5.74, 6) is -1.14. The van der Waals surface area contributed by atoms with Crippen LogP contribution in [0.3, 0.4) is 0 Å². The van der Waals surface area contributed by atoms with Crippen molar-refractivity contribution >= 4 is 27.6 Å². The smallest absolute Gasteiger partial charge is 0.460 e. The third-order valence-corrected chi connectivity index (χ3v) is 4.89. The molecule has 14 heteroatoms. The maximum absolute atomic E-state index is 11.8. The highest BCUT2D eigenvalue weighted by Gasteiger charge is 2.25. The van der Waals surface area contributed by atoms with E-state index in [1.165, 1.54) is 20.8 Å². The van der Waals surface area contributed by atoms with Gasteiger partial charge in [-0.25, -0.2) is 18.7 Å². The van der Waals surface area contributed by atoms with Gasteiger partial charge in [0.2, 0.25) is 0 Å². The fourth-order valence-electron chi connectivity index (χ4n) is 1.42. The summed E-state index contributed by atoms with van der Waals surface area (Å²) in [5, 5.41) is 0. The van der Waals surface area contributed by atoms with Gasteiger partial charge in [-0.1, -0.05) is 13.2 Å². The Bertz CT molecular complexity index is 675. The molecule has 0 aliphatic rings. The van der Waals surface area contributed by atoms with Crippen molar-refractivity contribution in [2.45, 2.75) is 40.7 Å². The van der Waals surface area contributed by atoms with Gasteiger partial charge in [0.1, 0.15) is 19.3 Å². The Morgan fingerprint density at radius 3 is 1.71 bits per heavy atom. The van der Waals surface area contributed by atoms with Crippen molar-refractivity contribution in [2.24, 2.45) is 0 Å². The minimum absolute atomic E-state index is 0.0319. The summed E-state index contributed by atoms with van der Waals surface area (Å²) in [6.45, 7) is 14.6. The second-order valence-electron chi connectivity index (χ2n) is 5.82. The molecule has 12 nitrogen and oxygen atoms in total. The number of hydrogen-bond acceptors (Lipinski definition) is 10. The van der Waals surface area contributed by atoms with Crippen LogP contribution in [-0.2, 0) is 46.3 Å². The van der Waals surface area contributed by atoms with Crippen molar-refractivity contribution in [3.05, 3.63) is 24.3 Å². The average molecular weight is 490 g/mol. The van der Waals surface area contributed by atoms with Crippen LogP contribution >= 0.6 is 15.6 Å². The van der Waals surface area contributed by atoms with Crippen molar-refractivity contribution in [2.75, 3.05) is 33.0 Å². The monoisotopic (exact) mass is 490 g/mol. The lowest BCUT2D eigenvalue weighted by molar-refractivity contribution is -0.141. The number of phosphoric acid groups is 2. The first-order valence-corrected chi connectivity index (χ1v) is 12.1. The zero-order valence-electron chi connectivity index (χ0n) is 18.4. The summed E-state index contributed by atoms with van der Waals surface area (Å²) in [5.41, 5.74) is 0.510. The molecule has 31 heavy (non-hydrogen) atoms. The lowest BCUT2D eigenvalue weighted by Crippen LogP contribution is -2.18. The lowest BCUT2D eigenvalue weighted by atomic mass is 10.3.